The molecular weight excluding hydrogens is 168 g/mol. The van der Waals surface area contributed by atoms with Crippen molar-refractivity contribution in [3.05, 3.63) is 25.3 Å². The first kappa shape index (κ1) is 12.4. The van der Waals surface area contributed by atoms with Gasteiger partial charge in [0.2, 0.25) is 0 Å². The first-order valence-corrected chi connectivity index (χ1v) is 2.78. The van der Waals surface area contributed by atoms with Crippen LogP contribution in [0.5, 0.6) is 0 Å². The second-order valence-electron chi connectivity index (χ2n) is 1.16. The number of carbonyl (C=O) groups excluding carboxylic acids is 1. The summed E-state index contributed by atoms with van der Waals surface area (Å²) in [5.41, 5.74) is 0. The molecule has 0 aromatic heterocycles. The molecule has 0 atom stereocenters. The Balaban J connectivity index is 0. The van der Waals surface area contributed by atoms with Crippen molar-refractivity contribution in [2.24, 2.45) is 0 Å². The highest BCUT2D eigenvalue weighted by Crippen LogP contribution is 1.78. The summed E-state index contributed by atoms with van der Waals surface area (Å²) in [7, 11) is 0. The molecule has 0 aliphatic heterocycles. The van der Waals surface area contributed by atoms with Crippen LogP contribution in [0.3, 0.4) is 0 Å². The highest BCUT2D eigenvalue weighted by molar-refractivity contribution is 7.75. The number of thiol groups is 1. The van der Waals surface area contributed by atoms with Crippen LogP contribution < -0.4 is 0 Å². The standard InChI is InChI=1S/C3H4O2S.C3H4O2/c1-2-3(4)5-6;1-2-3(4)5/h2,6H,1H2;2H,1H2,(H,4,5). The van der Waals surface area contributed by atoms with Crippen molar-refractivity contribution in [2.75, 3.05) is 0 Å². The number of hydrogen-bond donors (Lipinski definition) is 2. The third kappa shape index (κ3) is 17.7. The van der Waals surface area contributed by atoms with Gasteiger partial charge in [-0.2, -0.15) is 0 Å². The zero-order chi connectivity index (χ0) is 9.28. The van der Waals surface area contributed by atoms with Crippen LogP contribution >= 0.6 is 12.9 Å². The summed E-state index contributed by atoms with van der Waals surface area (Å²) >= 11 is 3.17. The largest absolute Gasteiger partial charge is 0.478 e. The van der Waals surface area contributed by atoms with Gasteiger partial charge in [-0.25, -0.2) is 9.59 Å². The van der Waals surface area contributed by atoms with Crippen LogP contribution in [0.15, 0.2) is 25.3 Å². The Bertz CT molecular complexity index is 164. The first-order valence-electron chi connectivity index (χ1n) is 2.41. The minimum atomic E-state index is -0.981. The van der Waals surface area contributed by atoms with E-state index in [2.05, 4.69) is 30.3 Å². The van der Waals surface area contributed by atoms with E-state index in [4.69, 9.17) is 5.11 Å². The summed E-state index contributed by atoms with van der Waals surface area (Å²) in [6.07, 6.45) is 1.87. The number of carboxylic acid groups (broad SMARTS) is 1. The lowest BCUT2D eigenvalue weighted by molar-refractivity contribution is -0.131. The molecule has 0 saturated carbocycles. The Kier molecular flexibility index (Phi) is 9.92. The molecule has 0 aromatic carbocycles. The number of aliphatic carboxylic acids is 1. The van der Waals surface area contributed by atoms with Crippen molar-refractivity contribution < 1.29 is 18.9 Å². The molecule has 0 unspecified atom stereocenters. The van der Waals surface area contributed by atoms with E-state index in [1.807, 2.05) is 0 Å². The fraction of sp³-hybridized carbons (Fsp3) is 0. The predicted molar refractivity (Wildman–Crippen MR) is 43.1 cm³/mol. The average Bonchev–Trinajstić information content (AvgIpc) is 2.04. The van der Waals surface area contributed by atoms with Gasteiger partial charge in [-0.1, -0.05) is 13.2 Å². The quantitative estimate of drug-likeness (QED) is 0.371. The normalized spacial score (nSPS) is 6.64. The zero-order valence-electron chi connectivity index (χ0n) is 5.69. The van der Waals surface area contributed by atoms with E-state index >= 15 is 0 Å². The highest BCUT2D eigenvalue weighted by atomic mass is 32.1. The Morgan fingerprint density at radius 1 is 1.36 bits per heavy atom. The average molecular weight is 176 g/mol. The Morgan fingerprint density at radius 2 is 1.73 bits per heavy atom. The lowest BCUT2D eigenvalue weighted by Gasteiger charge is -1.80. The maximum Gasteiger partial charge on any atom is 0.341 e. The van der Waals surface area contributed by atoms with Crippen molar-refractivity contribution in [3.8, 4) is 0 Å². The van der Waals surface area contributed by atoms with E-state index in [0.717, 1.165) is 12.2 Å². The molecule has 0 aliphatic rings. The predicted octanol–water partition coefficient (Wildman–Crippen LogP) is 0.817. The SMILES string of the molecule is C=CC(=O)O.C=CC(=O)OS. The van der Waals surface area contributed by atoms with Crippen molar-refractivity contribution in [1.82, 2.24) is 0 Å². The van der Waals surface area contributed by atoms with Crippen LogP contribution in [-0.4, -0.2) is 17.0 Å². The second kappa shape index (κ2) is 8.77. The topological polar surface area (TPSA) is 63.6 Å². The third-order valence-electron chi connectivity index (χ3n) is 0.431. The van der Waals surface area contributed by atoms with Crippen molar-refractivity contribution in [1.29, 1.82) is 0 Å². The minimum Gasteiger partial charge on any atom is -0.478 e. The van der Waals surface area contributed by atoms with Gasteiger partial charge in [0.1, 0.15) is 0 Å². The summed E-state index contributed by atoms with van der Waals surface area (Å²) in [6.45, 7) is 6.07. The van der Waals surface area contributed by atoms with Crippen LogP contribution in [0.25, 0.3) is 0 Å². The fourth-order valence-electron chi connectivity index (χ4n) is 0.0373. The summed E-state index contributed by atoms with van der Waals surface area (Å²) in [5.74, 6) is -1.51. The monoisotopic (exact) mass is 176 g/mol. The van der Waals surface area contributed by atoms with Gasteiger partial charge in [0, 0.05) is 25.1 Å². The summed E-state index contributed by atoms with van der Waals surface area (Å²) < 4.78 is 3.84. The maximum absolute atomic E-state index is 9.76. The Labute approximate surface area is 69.8 Å². The molecule has 0 spiro atoms. The van der Waals surface area contributed by atoms with Gasteiger partial charge < -0.3 is 9.29 Å². The summed E-state index contributed by atoms with van der Waals surface area (Å²) in [5, 5.41) is 7.60. The molecule has 0 bridgehead atoms. The van der Waals surface area contributed by atoms with E-state index in [0.29, 0.717) is 0 Å². The van der Waals surface area contributed by atoms with Gasteiger partial charge in [0.05, 0.1) is 0 Å². The van der Waals surface area contributed by atoms with Crippen LogP contribution in [0.1, 0.15) is 0 Å². The van der Waals surface area contributed by atoms with Crippen molar-refractivity contribution in [2.45, 2.75) is 0 Å². The molecule has 1 N–H and O–H groups in total. The second-order valence-corrected chi connectivity index (χ2v) is 1.34. The van der Waals surface area contributed by atoms with E-state index < -0.39 is 11.9 Å². The zero-order valence-corrected chi connectivity index (χ0v) is 6.58. The minimum absolute atomic E-state index is 0.529. The molecule has 0 amide bonds. The maximum atomic E-state index is 9.76. The van der Waals surface area contributed by atoms with Crippen molar-refractivity contribution >= 4 is 24.8 Å². The number of carbonyl (C=O) groups is 2. The molecule has 11 heavy (non-hydrogen) atoms. The number of carboxylic acids is 1. The van der Waals surface area contributed by atoms with E-state index in [9.17, 15) is 9.59 Å². The molecule has 0 saturated heterocycles. The van der Waals surface area contributed by atoms with Gasteiger partial charge in [-0.3, -0.25) is 0 Å². The molecule has 4 nitrogen and oxygen atoms in total. The molecule has 62 valence electrons. The van der Waals surface area contributed by atoms with Crippen LogP contribution in [0, 0.1) is 0 Å². The fourth-order valence-corrected chi connectivity index (χ4v) is 0.112. The Morgan fingerprint density at radius 3 is 1.73 bits per heavy atom. The van der Waals surface area contributed by atoms with Crippen molar-refractivity contribution in [3.63, 3.8) is 0 Å². The summed E-state index contributed by atoms with van der Waals surface area (Å²) in [4.78, 5) is 19.0. The van der Waals surface area contributed by atoms with Gasteiger partial charge in [-0.05, 0) is 0 Å². The molecule has 0 rings (SSSR count). The molecule has 0 fully saturated rings. The molecule has 0 aliphatic carbocycles. The van der Waals surface area contributed by atoms with E-state index in [1.54, 1.807) is 0 Å². The third-order valence-corrected chi connectivity index (χ3v) is 0.611. The smallest absolute Gasteiger partial charge is 0.341 e. The van der Waals surface area contributed by atoms with Gasteiger partial charge >= 0.3 is 11.9 Å². The van der Waals surface area contributed by atoms with E-state index in [-0.39, 0.29) is 0 Å². The van der Waals surface area contributed by atoms with Crippen LogP contribution in [-0.2, 0) is 13.8 Å². The molecular formula is C6H8O4S. The van der Waals surface area contributed by atoms with Gasteiger partial charge in [0.25, 0.3) is 0 Å². The Hall–Kier alpha value is -1.23. The highest BCUT2D eigenvalue weighted by Gasteiger charge is 1.83. The lowest BCUT2D eigenvalue weighted by Crippen LogP contribution is -1.86. The molecule has 0 radical (unpaired) electrons. The molecule has 0 aromatic rings. The number of hydrogen-bond acceptors (Lipinski definition) is 4. The number of rotatable bonds is 2. The van der Waals surface area contributed by atoms with Gasteiger partial charge in [0.15, 0.2) is 0 Å². The van der Waals surface area contributed by atoms with Crippen LogP contribution in [0.2, 0.25) is 0 Å². The first-order chi connectivity index (χ1) is 5.08. The molecule has 0 heterocycles. The lowest BCUT2D eigenvalue weighted by atomic mass is 10.7. The molecule has 5 heteroatoms. The summed E-state index contributed by atoms with van der Waals surface area (Å²) in [6, 6.07) is 0. The van der Waals surface area contributed by atoms with Crippen LogP contribution in [0.4, 0.5) is 0 Å². The van der Waals surface area contributed by atoms with Gasteiger partial charge in [-0.15, -0.1) is 0 Å². The van der Waals surface area contributed by atoms with E-state index in [1.165, 1.54) is 0 Å².